The first-order valence-electron chi connectivity index (χ1n) is 6.50. The Morgan fingerprint density at radius 1 is 1.00 bits per heavy atom. The first kappa shape index (κ1) is 12.5. The average Bonchev–Trinajstić information content (AvgIpc) is 2.76. The number of alkyl halides is 3. The normalized spacial score (nSPS) is 18.2. The third-order valence-electron chi connectivity index (χ3n) is 3.93. The molecule has 0 spiro atoms. The molecule has 1 aromatic carbocycles. The first-order chi connectivity index (χ1) is 8.97. The van der Waals surface area contributed by atoms with Crippen LogP contribution in [0.5, 0.6) is 0 Å². The number of rotatable bonds is 0. The number of nitrogens with zero attached hydrogens (tertiary/aromatic N) is 1. The summed E-state index contributed by atoms with van der Waals surface area (Å²) in [5.41, 5.74) is 3.68. The van der Waals surface area contributed by atoms with Crippen molar-refractivity contribution in [3.05, 3.63) is 28.8 Å². The van der Waals surface area contributed by atoms with Gasteiger partial charge in [0.25, 0.3) is 0 Å². The van der Waals surface area contributed by atoms with Crippen molar-refractivity contribution in [1.29, 1.82) is 0 Å². The van der Waals surface area contributed by atoms with Crippen molar-refractivity contribution in [3.63, 3.8) is 0 Å². The van der Waals surface area contributed by atoms with Crippen LogP contribution in [0.1, 0.15) is 29.5 Å². The van der Waals surface area contributed by atoms with Gasteiger partial charge < -0.3 is 4.90 Å². The predicted molar refractivity (Wildman–Crippen MR) is 65.2 cm³/mol. The zero-order valence-electron chi connectivity index (χ0n) is 10.4. The lowest BCUT2D eigenvalue weighted by atomic mass is 9.89. The Morgan fingerprint density at radius 2 is 1.63 bits per heavy atom. The molecule has 2 aliphatic rings. The number of hydrogen-bond acceptors (Lipinski definition) is 1. The Morgan fingerprint density at radius 3 is 2.26 bits per heavy atom. The lowest BCUT2D eigenvalue weighted by Crippen LogP contribution is -2.40. The second-order valence-corrected chi connectivity index (χ2v) is 5.16. The van der Waals surface area contributed by atoms with Gasteiger partial charge >= 0.3 is 12.1 Å². The third kappa shape index (κ3) is 2.11. The van der Waals surface area contributed by atoms with Crippen LogP contribution in [0.4, 0.5) is 18.9 Å². The van der Waals surface area contributed by atoms with Crippen molar-refractivity contribution in [3.8, 4) is 0 Å². The monoisotopic (exact) mass is 269 g/mol. The van der Waals surface area contributed by atoms with Gasteiger partial charge in [-0.3, -0.25) is 4.79 Å². The number of hydrogen-bond donors (Lipinski definition) is 0. The molecule has 1 aliphatic carbocycles. The van der Waals surface area contributed by atoms with Gasteiger partial charge in [0.1, 0.15) is 0 Å². The third-order valence-corrected chi connectivity index (χ3v) is 3.93. The molecule has 0 fully saturated rings. The summed E-state index contributed by atoms with van der Waals surface area (Å²) in [4.78, 5) is 12.3. The standard InChI is InChI=1S/C14H14F3NO/c15-14(16,17)13(19)18-6-5-11-7-9-3-1-2-4-10(9)8-12(11)18/h7-8H,1-6H2. The number of benzene rings is 1. The lowest BCUT2D eigenvalue weighted by Gasteiger charge is -2.22. The topological polar surface area (TPSA) is 20.3 Å². The van der Waals surface area contributed by atoms with E-state index < -0.39 is 12.1 Å². The average molecular weight is 269 g/mol. The molecule has 0 bridgehead atoms. The summed E-state index contributed by atoms with van der Waals surface area (Å²) < 4.78 is 37.6. The fraction of sp³-hybridized carbons (Fsp3) is 0.500. The van der Waals surface area contributed by atoms with Gasteiger partial charge in [0.15, 0.2) is 0 Å². The fourth-order valence-corrected chi connectivity index (χ4v) is 2.99. The zero-order chi connectivity index (χ0) is 13.6. The van der Waals surface area contributed by atoms with Crippen LogP contribution in [0.3, 0.4) is 0 Å². The highest BCUT2D eigenvalue weighted by molar-refractivity contribution is 5.99. The van der Waals surface area contributed by atoms with Crippen LogP contribution in [0.2, 0.25) is 0 Å². The van der Waals surface area contributed by atoms with Crippen molar-refractivity contribution >= 4 is 11.6 Å². The molecular formula is C14H14F3NO. The summed E-state index contributed by atoms with van der Waals surface area (Å²) in [5, 5.41) is 0. The van der Waals surface area contributed by atoms with E-state index in [4.69, 9.17) is 0 Å². The summed E-state index contributed by atoms with van der Waals surface area (Å²) >= 11 is 0. The Hall–Kier alpha value is -1.52. The molecule has 0 saturated carbocycles. The van der Waals surface area contributed by atoms with Crippen molar-refractivity contribution in [1.82, 2.24) is 0 Å². The molecule has 0 unspecified atom stereocenters. The molecule has 1 aliphatic heterocycles. The van der Waals surface area contributed by atoms with E-state index in [1.165, 1.54) is 5.56 Å². The maximum absolute atomic E-state index is 12.5. The maximum Gasteiger partial charge on any atom is 0.471 e. The molecule has 1 amide bonds. The molecule has 102 valence electrons. The molecule has 0 aromatic heterocycles. The van der Waals surface area contributed by atoms with E-state index >= 15 is 0 Å². The molecule has 5 heteroatoms. The van der Waals surface area contributed by atoms with Crippen LogP contribution >= 0.6 is 0 Å². The quantitative estimate of drug-likeness (QED) is 0.709. The predicted octanol–water partition coefficient (Wildman–Crippen LogP) is 3.02. The summed E-state index contributed by atoms with van der Waals surface area (Å²) in [6.07, 6.45) is -0.176. The van der Waals surface area contributed by atoms with E-state index in [-0.39, 0.29) is 6.54 Å². The van der Waals surface area contributed by atoms with E-state index in [0.29, 0.717) is 12.1 Å². The van der Waals surface area contributed by atoms with E-state index in [9.17, 15) is 18.0 Å². The molecule has 0 N–H and O–H groups in total. The molecule has 0 atom stereocenters. The van der Waals surface area contributed by atoms with E-state index in [0.717, 1.165) is 41.7 Å². The molecule has 2 nitrogen and oxygen atoms in total. The van der Waals surface area contributed by atoms with Gasteiger partial charge in [-0.05, 0) is 54.9 Å². The molecule has 1 aromatic rings. The van der Waals surface area contributed by atoms with Gasteiger partial charge in [-0.25, -0.2) is 0 Å². The second-order valence-electron chi connectivity index (χ2n) is 5.16. The minimum Gasteiger partial charge on any atom is -0.304 e. The van der Waals surface area contributed by atoms with Crippen LogP contribution in [0.15, 0.2) is 12.1 Å². The Balaban J connectivity index is 1.98. The van der Waals surface area contributed by atoms with Crippen LogP contribution in [0.25, 0.3) is 0 Å². The Labute approximate surface area is 109 Å². The summed E-state index contributed by atoms with van der Waals surface area (Å²) in [5.74, 6) is -1.75. The van der Waals surface area contributed by atoms with Crippen LogP contribution in [-0.4, -0.2) is 18.6 Å². The van der Waals surface area contributed by atoms with E-state index in [1.807, 2.05) is 6.07 Å². The summed E-state index contributed by atoms with van der Waals surface area (Å²) in [6.45, 7) is 0.135. The van der Waals surface area contributed by atoms with Crippen molar-refractivity contribution in [2.24, 2.45) is 0 Å². The highest BCUT2D eigenvalue weighted by Gasteiger charge is 2.44. The number of anilines is 1. The molecule has 3 rings (SSSR count). The van der Waals surface area contributed by atoms with Gasteiger partial charge in [-0.1, -0.05) is 6.07 Å². The van der Waals surface area contributed by atoms with Crippen LogP contribution in [-0.2, 0) is 24.1 Å². The SMILES string of the molecule is O=C(N1CCc2cc3c(cc21)CCCC3)C(F)(F)F. The summed E-state index contributed by atoms with van der Waals surface area (Å²) in [6, 6.07) is 3.79. The number of carbonyl (C=O) groups is 1. The molecule has 1 heterocycles. The molecule has 0 saturated heterocycles. The van der Waals surface area contributed by atoms with E-state index in [2.05, 4.69) is 0 Å². The zero-order valence-corrected chi connectivity index (χ0v) is 10.4. The minimum absolute atomic E-state index is 0.135. The number of aryl methyl sites for hydroxylation is 2. The molecular weight excluding hydrogens is 255 g/mol. The smallest absolute Gasteiger partial charge is 0.304 e. The minimum atomic E-state index is -4.79. The highest BCUT2D eigenvalue weighted by Crippen LogP contribution is 2.36. The van der Waals surface area contributed by atoms with Gasteiger partial charge in [0.2, 0.25) is 0 Å². The van der Waals surface area contributed by atoms with Crippen LogP contribution < -0.4 is 4.90 Å². The number of halogens is 3. The lowest BCUT2D eigenvalue weighted by molar-refractivity contribution is -0.170. The largest absolute Gasteiger partial charge is 0.471 e. The first-order valence-corrected chi connectivity index (χ1v) is 6.50. The summed E-state index contributed by atoms with van der Waals surface area (Å²) in [7, 11) is 0. The van der Waals surface area contributed by atoms with Gasteiger partial charge in [-0.15, -0.1) is 0 Å². The number of fused-ring (bicyclic) bond motifs is 2. The van der Waals surface area contributed by atoms with Crippen LogP contribution in [0, 0.1) is 0 Å². The van der Waals surface area contributed by atoms with Crippen molar-refractivity contribution in [2.75, 3.05) is 11.4 Å². The number of carbonyl (C=O) groups excluding carboxylic acids is 1. The fourth-order valence-electron chi connectivity index (χ4n) is 2.99. The van der Waals surface area contributed by atoms with Crippen molar-refractivity contribution < 1.29 is 18.0 Å². The molecule has 0 radical (unpaired) electrons. The highest BCUT2D eigenvalue weighted by atomic mass is 19.4. The van der Waals surface area contributed by atoms with Gasteiger partial charge in [0.05, 0.1) is 0 Å². The molecule has 19 heavy (non-hydrogen) atoms. The van der Waals surface area contributed by atoms with Gasteiger partial charge in [0, 0.05) is 12.2 Å². The van der Waals surface area contributed by atoms with E-state index in [1.54, 1.807) is 6.07 Å². The Kier molecular flexibility index (Phi) is 2.80. The van der Waals surface area contributed by atoms with Crippen molar-refractivity contribution in [2.45, 2.75) is 38.3 Å². The second kappa shape index (κ2) is 4.25. The number of amides is 1. The Bertz CT molecular complexity index is 536. The maximum atomic E-state index is 12.5. The van der Waals surface area contributed by atoms with Gasteiger partial charge in [-0.2, -0.15) is 13.2 Å².